The summed E-state index contributed by atoms with van der Waals surface area (Å²) in [5.74, 6) is 1.90. The van der Waals surface area contributed by atoms with Gasteiger partial charge in [-0.2, -0.15) is 0 Å². The molecule has 1 aliphatic rings. The zero-order valence-electron chi connectivity index (χ0n) is 12.9. The number of hydrogen-bond donors (Lipinski definition) is 0. The molecule has 0 aliphatic heterocycles. The average Bonchev–Trinajstić information content (AvgIpc) is 2.36. The summed E-state index contributed by atoms with van der Waals surface area (Å²) >= 11 is 0. The summed E-state index contributed by atoms with van der Waals surface area (Å²) < 4.78 is 11.0. The second kappa shape index (κ2) is 6.90. The van der Waals surface area contributed by atoms with Crippen LogP contribution < -0.4 is 0 Å². The van der Waals surface area contributed by atoms with E-state index in [2.05, 4.69) is 43.9 Å². The molecule has 0 N–H and O–H groups in total. The fourth-order valence-corrected chi connectivity index (χ4v) is 3.79. The van der Waals surface area contributed by atoms with E-state index in [1.165, 1.54) is 10.5 Å². The van der Waals surface area contributed by atoms with Crippen LogP contribution in [0.5, 0.6) is 0 Å². The largest absolute Gasteiger partial charge is 0.501 e. The minimum atomic E-state index is -0.853. The van der Waals surface area contributed by atoms with Crippen LogP contribution in [0.15, 0.2) is 46.3 Å². The number of allylic oxidation sites excluding steroid dienone is 6. The second-order valence-corrected chi connectivity index (χ2v) is 9.34. The van der Waals surface area contributed by atoms with Crippen molar-refractivity contribution in [1.82, 2.24) is 0 Å². The summed E-state index contributed by atoms with van der Waals surface area (Å²) in [6.07, 6.45) is 17.3. The third-order valence-corrected chi connectivity index (χ3v) is 4.62. The van der Waals surface area contributed by atoms with Crippen LogP contribution in [-0.4, -0.2) is 33.0 Å². The Morgan fingerprint density at radius 2 is 1.89 bits per heavy atom. The Labute approximate surface area is 119 Å². The standard InChI is InChI=1S/C16H26O2S/c1-7-8-9-10-13-11-14(17-2)12-15(18-3)16(13)19(4,5)6/h8-10,12H,7,11H2,1-6H3/b9-8-,13-10+. The fourth-order valence-electron chi connectivity index (χ4n) is 2.12. The molecule has 108 valence electrons. The molecule has 0 aromatic rings. The Morgan fingerprint density at radius 1 is 1.21 bits per heavy atom. The van der Waals surface area contributed by atoms with Gasteiger partial charge in [-0.3, -0.25) is 0 Å². The smallest absolute Gasteiger partial charge is 0.134 e. The van der Waals surface area contributed by atoms with E-state index in [9.17, 15) is 0 Å². The molecule has 1 aliphatic carbocycles. The molecule has 0 saturated carbocycles. The Hall–Kier alpha value is -1.09. The maximum absolute atomic E-state index is 5.58. The van der Waals surface area contributed by atoms with Gasteiger partial charge in [-0.25, -0.2) is 10.0 Å². The highest BCUT2D eigenvalue weighted by molar-refractivity contribution is 8.35. The molecule has 0 aromatic heterocycles. The topological polar surface area (TPSA) is 18.5 Å². The number of methoxy groups -OCH3 is 2. The van der Waals surface area contributed by atoms with Crippen molar-refractivity contribution in [2.24, 2.45) is 0 Å². The predicted molar refractivity (Wildman–Crippen MR) is 86.6 cm³/mol. The van der Waals surface area contributed by atoms with Gasteiger partial charge < -0.3 is 9.47 Å². The van der Waals surface area contributed by atoms with E-state index < -0.39 is 10.0 Å². The molecule has 3 heteroatoms. The van der Waals surface area contributed by atoms with Gasteiger partial charge in [0.15, 0.2) is 0 Å². The van der Waals surface area contributed by atoms with E-state index in [1.54, 1.807) is 14.2 Å². The van der Waals surface area contributed by atoms with Crippen molar-refractivity contribution in [3.05, 3.63) is 46.3 Å². The van der Waals surface area contributed by atoms with Crippen molar-refractivity contribution < 1.29 is 9.47 Å². The summed E-state index contributed by atoms with van der Waals surface area (Å²) in [4.78, 5) is 1.34. The lowest BCUT2D eigenvalue weighted by molar-refractivity contribution is 0.264. The quantitative estimate of drug-likeness (QED) is 0.745. The molecule has 0 heterocycles. The van der Waals surface area contributed by atoms with Gasteiger partial charge in [0.05, 0.1) is 14.2 Å². The number of hydrogen-bond acceptors (Lipinski definition) is 2. The molecule has 0 bridgehead atoms. The summed E-state index contributed by atoms with van der Waals surface area (Å²) in [5.41, 5.74) is 1.31. The molecule has 19 heavy (non-hydrogen) atoms. The minimum absolute atomic E-state index is 0.844. The maximum Gasteiger partial charge on any atom is 0.134 e. The molecule has 0 unspecified atom stereocenters. The van der Waals surface area contributed by atoms with Crippen LogP contribution in [-0.2, 0) is 9.47 Å². The van der Waals surface area contributed by atoms with Crippen LogP contribution in [0.3, 0.4) is 0 Å². The normalized spacial score (nSPS) is 19.9. The number of rotatable bonds is 5. The van der Waals surface area contributed by atoms with Crippen molar-refractivity contribution in [3.8, 4) is 0 Å². The van der Waals surface area contributed by atoms with Crippen molar-refractivity contribution >= 4 is 10.0 Å². The summed E-state index contributed by atoms with van der Waals surface area (Å²) in [6.45, 7) is 2.14. The molecular weight excluding hydrogens is 256 g/mol. The van der Waals surface area contributed by atoms with Gasteiger partial charge in [0.1, 0.15) is 11.5 Å². The van der Waals surface area contributed by atoms with Crippen LogP contribution >= 0.6 is 10.0 Å². The zero-order valence-corrected chi connectivity index (χ0v) is 13.8. The van der Waals surface area contributed by atoms with Crippen molar-refractivity contribution in [1.29, 1.82) is 0 Å². The molecule has 0 atom stereocenters. The summed E-state index contributed by atoms with van der Waals surface area (Å²) in [6, 6.07) is 0. The molecule has 0 radical (unpaired) electrons. The van der Waals surface area contributed by atoms with E-state index >= 15 is 0 Å². The minimum Gasteiger partial charge on any atom is -0.501 e. The third-order valence-electron chi connectivity index (χ3n) is 2.94. The van der Waals surface area contributed by atoms with Crippen molar-refractivity contribution in [2.75, 3.05) is 33.0 Å². The molecule has 0 fully saturated rings. The molecule has 2 nitrogen and oxygen atoms in total. The summed E-state index contributed by atoms with van der Waals surface area (Å²) in [5, 5.41) is 0. The predicted octanol–water partition coefficient (Wildman–Crippen LogP) is 4.37. The summed E-state index contributed by atoms with van der Waals surface area (Å²) in [7, 11) is 2.59. The highest BCUT2D eigenvalue weighted by Gasteiger charge is 2.25. The average molecular weight is 282 g/mol. The lowest BCUT2D eigenvalue weighted by atomic mass is 10.0. The Bertz CT molecular complexity index is 434. The van der Waals surface area contributed by atoms with Gasteiger partial charge in [-0.05, 0) is 30.8 Å². The van der Waals surface area contributed by atoms with Gasteiger partial charge in [0, 0.05) is 17.4 Å². The van der Waals surface area contributed by atoms with E-state index in [1.807, 2.05) is 6.08 Å². The zero-order chi connectivity index (χ0) is 14.5. The van der Waals surface area contributed by atoms with Gasteiger partial charge in [0.25, 0.3) is 0 Å². The second-order valence-electron chi connectivity index (χ2n) is 5.25. The maximum atomic E-state index is 5.58. The first kappa shape index (κ1) is 16.0. The first-order chi connectivity index (χ1) is 8.93. The van der Waals surface area contributed by atoms with Crippen molar-refractivity contribution in [2.45, 2.75) is 19.8 Å². The Kier molecular flexibility index (Phi) is 5.80. The molecule has 0 spiro atoms. The fraction of sp³-hybridized carbons (Fsp3) is 0.500. The lowest BCUT2D eigenvalue weighted by Gasteiger charge is -2.34. The molecule has 0 aromatic carbocycles. The van der Waals surface area contributed by atoms with E-state index in [0.29, 0.717) is 0 Å². The van der Waals surface area contributed by atoms with Crippen LogP contribution in [0.2, 0.25) is 0 Å². The van der Waals surface area contributed by atoms with Gasteiger partial charge in [-0.15, -0.1) is 0 Å². The highest BCUT2D eigenvalue weighted by Crippen LogP contribution is 2.53. The lowest BCUT2D eigenvalue weighted by Crippen LogP contribution is -2.10. The molecule has 0 amide bonds. The molecular formula is C16H26O2S. The monoisotopic (exact) mass is 282 g/mol. The van der Waals surface area contributed by atoms with Crippen molar-refractivity contribution in [3.63, 3.8) is 0 Å². The van der Waals surface area contributed by atoms with Crippen LogP contribution in [0, 0.1) is 0 Å². The van der Waals surface area contributed by atoms with E-state index in [-0.39, 0.29) is 0 Å². The third kappa shape index (κ3) is 4.20. The Morgan fingerprint density at radius 3 is 2.37 bits per heavy atom. The van der Waals surface area contributed by atoms with E-state index in [4.69, 9.17) is 9.47 Å². The van der Waals surface area contributed by atoms with Gasteiger partial charge >= 0.3 is 0 Å². The number of ether oxygens (including phenoxy) is 2. The van der Waals surface area contributed by atoms with Crippen LogP contribution in [0.4, 0.5) is 0 Å². The highest BCUT2D eigenvalue weighted by atomic mass is 32.3. The van der Waals surface area contributed by atoms with Crippen LogP contribution in [0.25, 0.3) is 0 Å². The Balaban J connectivity index is 3.30. The van der Waals surface area contributed by atoms with Gasteiger partial charge in [0.2, 0.25) is 0 Å². The first-order valence-corrected chi connectivity index (χ1v) is 9.37. The van der Waals surface area contributed by atoms with Crippen LogP contribution in [0.1, 0.15) is 19.8 Å². The van der Waals surface area contributed by atoms with Gasteiger partial charge in [-0.1, -0.05) is 25.2 Å². The first-order valence-electron chi connectivity index (χ1n) is 6.51. The molecule has 0 saturated heterocycles. The van der Waals surface area contributed by atoms with E-state index in [0.717, 1.165) is 24.4 Å². The SMILES string of the molecule is CC/C=C\C=C1/CC(OC)=CC(OC)=C1S(C)(C)C. The molecule has 1 rings (SSSR count).